The van der Waals surface area contributed by atoms with Gasteiger partial charge in [0.25, 0.3) is 5.91 Å². The van der Waals surface area contributed by atoms with E-state index in [-0.39, 0.29) is 5.91 Å². The number of benzene rings is 2. The van der Waals surface area contributed by atoms with Gasteiger partial charge in [0.15, 0.2) is 0 Å². The molecule has 0 bridgehead atoms. The number of aryl methyl sites for hydroxylation is 2. The Morgan fingerprint density at radius 3 is 2.52 bits per heavy atom. The number of fused-ring (bicyclic) bond motifs is 1. The molecule has 164 valence electrons. The SMILES string of the molecule is Cc1cccc(C)c1CN1CCC(c2ccc3c(c2)CN(C2CCCNC2)C3=O)CC1. The van der Waals surface area contributed by atoms with Crippen molar-refractivity contribution in [3.05, 3.63) is 69.8 Å². The minimum atomic E-state index is 0.235. The second-order valence-corrected chi connectivity index (χ2v) is 9.77. The first-order valence-electron chi connectivity index (χ1n) is 12.0. The van der Waals surface area contributed by atoms with Crippen molar-refractivity contribution >= 4 is 5.91 Å². The molecule has 4 heteroatoms. The van der Waals surface area contributed by atoms with Crippen molar-refractivity contribution in [2.75, 3.05) is 26.2 Å². The third-order valence-corrected chi connectivity index (χ3v) is 7.76. The average Bonchev–Trinajstić information content (AvgIpc) is 3.13. The molecule has 31 heavy (non-hydrogen) atoms. The third kappa shape index (κ3) is 4.16. The molecular formula is C27H35N3O. The van der Waals surface area contributed by atoms with Crippen LogP contribution >= 0.6 is 0 Å². The van der Waals surface area contributed by atoms with Gasteiger partial charge in [-0.1, -0.05) is 30.3 Å². The zero-order valence-corrected chi connectivity index (χ0v) is 19.0. The number of carbonyl (C=O) groups excluding carboxylic acids is 1. The van der Waals surface area contributed by atoms with Crippen LogP contribution in [-0.4, -0.2) is 47.9 Å². The summed E-state index contributed by atoms with van der Waals surface area (Å²) in [6.07, 6.45) is 4.69. The number of hydrogen-bond acceptors (Lipinski definition) is 3. The van der Waals surface area contributed by atoms with Gasteiger partial charge in [-0.05, 0) is 99.0 Å². The summed E-state index contributed by atoms with van der Waals surface area (Å²) in [6.45, 7) is 10.6. The van der Waals surface area contributed by atoms with Crippen molar-refractivity contribution in [3.8, 4) is 0 Å². The molecule has 3 aliphatic heterocycles. The van der Waals surface area contributed by atoms with Crippen molar-refractivity contribution in [1.82, 2.24) is 15.1 Å². The van der Waals surface area contributed by atoms with Crippen LogP contribution in [0.3, 0.4) is 0 Å². The fraction of sp³-hybridized carbons (Fsp3) is 0.519. The highest BCUT2D eigenvalue weighted by Gasteiger charge is 2.34. The highest BCUT2D eigenvalue weighted by molar-refractivity contribution is 5.98. The molecule has 3 heterocycles. The summed E-state index contributed by atoms with van der Waals surface area (Å²) >= 11 is 0. The van der Waals surface area contributed by atoms with E-state index in [0.29, 0.717) is 12.0 Å². The van der Waals surface area contributed by atoms with Crippen molar-refractivity contribution < 1.29 is 4.79 Å². The van der Waals surface area contributed by atoms with Crippen LogP contribution in [0.2, 0.25) is 0 Å². The molecular weight excluding hydrogens is 382 g/mol. The smallest absolute Gasteiger partial charge is 0.254 e. The first-order valence-corrected chi connectivity index (χ1v) is 12.0. The Balaban J connectivity index is 1.23. The Morgan fingerprint density at radius 1 is 1.03 bits per heavy atom. The molecule has 5 rings (SSSR count). The lowest BCUT2D eigenvalue weighted by atomic mass is 9.87. The Hall–Kier alpha value is -2.17. The number of rotatable bonds is 4. The van der Waals surface area contributed by atoms with E-state index >= 15 is 0 Å². The molecule has 2 aromatic rings. The molecule has 0 aliphatic carbocycles. The Bertz CT molecular complexity index is 935. The van der Waals surface area contributed by atoms with Crippen LogP contribution in [0.5, 0.6) is 0 Å². The zero-order valence-electron chi connectivity index (χ0n) is 19.0. The van der Waals surface area contributed by atoms with Crippen molar-refractivity contribution in [2.24, 2.45) is 0 Å². The van der Waals surface area contributed by atoms with Gasteiger partial charge in [-0.2, -0.15) is 0 Å². The minimum Gasteiger partial charge on any atom is -0.330 e. The van der Waals surface area contributed by atoms with Gasteiger partial charge in [0.1, 0.15) is 0 Å². The van der Waals surface area contributed by atoms with Crippen molar-refractivity contribution in [3.63, 3.8) is 0 Å². The van der Waals surface area contributed by atoms with Gasteiger partial charge in [-0.15, -0.1) is 0 Å². The van der Waals surface area contributed by atoms with Crippen LogP contribution in [0.25, 0.3) is 0 Å². The van der Waals surface area contributed by atoms with Crippen LogP contribution in [-0.2, 0) is 13.1 Å². The summed E-state index contributed by atoms with van der Waals surface area (Å²) < 4.78 is 0. The van der Waals surface area contributed by atoms with Gasteiger partial charge in [0.2, 0.25) is 0 Å². The van der Waals surface area contributed by atoms with Crippen molar-refractivity contribution in [2.45, 2.75) is 64.6 Å². The average molecular weight is 418 g/mol. The monoisotopic (exact) mass is 417 g/mol. The van der Waals surface area contributed by atoms with E-state index in [9.17, 15) is 4.79 Å². The summed E-state index contributed by atoms with van der Waals surface area (Å²) in [7, 11) is 0. The van der Waals surface area contributed by atoms with E-state index in [1.54, 1.807) is 0 Å². The van der Waals surface area contributed by atoms with E-state index in [1.807, 2.05) is 0 Å². The Morgan fingerprint density at radius 2 is 1.81 bits per heavy atom. The van der Waals surface area contributed by atoms with Gasteiger partial charge in [0, 0.05) is 31.2 Å². The third-order valence-electron chi connectivity index (χ3n) is 7.76. The summed E-state index contributed by atoms with van der Waals surface area (Å²) in [4.78, 5) is 17.7. The van der Waals surface area contributed by atoms with E-state index < -0.39 is 0 Å². The molecule has 1 unspecified atom stereocenters. The summed E-state index contributed by atoms with van der Waals surface area (Å²) in [5.74, 6) is 0.846. The molecule has 1 N–H and O–H groups in total. The van der Waals surface area contributed by atoms with Gasteiger partial charge < -0.3 is 10.2 Å². The number of carbonyl (C=O) groups is 1. The predicted molar refractivity (Wildman–Crippen MR) is 125 cm³/mol. The van der Waals surface area contributed by atoms with Crippen LogP contribution in [0, 0.1) is 13.8 Å². The van der Waals surface area contributed by atoms with E-state index in [2.05, 4.69) is 65.4 Å². The van der Waals surface area contributed by atoms with Crippen LogP contribution in [0.1, 0.15) is 69.8 Å². The van der Waals surface area contributed by atoms with E-state index in [0.717, 1.165) is 57.7 Å². The molecule has 0 spiro atoms. The first-order chi connectivity index (χ1) is 15.1. The minimum absolute atomic E-state index is 0.235. The molecule has 1 amide bonds. The normalized spacial score (nSPS) is 22.7. The summed E-state index contributed by atoms with van der Waals surface area (Å²) in [5.41, 5.74) is 7.91. The quantitative estimate of drug-likeness (QED) is 0.801. The maximum absolute atomic E-state index is 12.9. The number of nitrogens with zero attached hydrogens (tertiary/aromatic N) is 2. The predicted octanol–water partition coefficient (Wildman–Crippen LogP) is 4.39. The van der Waals surface area contributed by atoms with Crippen molar-refractivity contribution in [1.29, 1.82) is 0 Å². The number of nitrogens with one attached hydrogen (secondary N) is 1. The number of piperidine rings is 2. The van der Waals surface area contributed by atoms with Crippen LogP contribution in [0.4, 0.5) is 0 Å². The first kappa shape index (κ1) is 20.7. The fourth-order valence-electron chi connectivity index (χ4n) is 5.76. The molecule has 4 nitrogen and oxygen atoms in total. The van der Waals surface area contributed by atoms with E-state index in [4.69, 9.17) is 0 Å². The van der Waals surface area contributed by atoms with E-state index in [1.165, 1.54) is 40.7 Å². The van der Waals surface area contributed by atoms with Crippen LogP contribution in [0.15, 0.2) is 36.4 Å². The van der Waals surface area contributed by atoms with Gasteiger partial charge in [-0.25, -0.2) is 0 Å². The molecule has 0 aromatic heterocycles. The lowest BCUT2D eigenvalue weighted by Crippen LogP contribution is -2.46. The zero-order chi connectivity index (χ0) is 21.4. The Labute approximate surface area is 186 Å². The molecule has 2 fully saturated rings. The standard InChI is InChI=1S/C27H35N3O/c1-19-5-3-6-20(2)26(19)18-29-13-10-21(11-14-29)22-8-9-25-23(15-22)17-30(27(25)31)24-7-4-12-28-16-24/h3,5-6,8-9,15,21,24,28H,4,7,10-14,16-18H2,1-2H3. The van der Waals surface area contributed by atoms with Crippen LogP contribution < -0.4 is 5.32 Å². The molecule has 2 aromatic carbocycles. The van der Waals surface area contributed by atoms with Gasteiger partial charge >= 0.3 is 0 Å². The van der Waals surface area contributed by atoms with Gasteiger partial charge in [-0.3, -0.25) is 9.69 Å². The number of amides is 1. The highest BCUT2D eigenvalue weighted by atomic mass is 16.2. The molecule has 0 saturated carbocycles. The summed E-state index contributed by atoms with van der Waals surface area (Å²) in [5, 5.41) is 3.45. The molecule has 1 atom stereocenters. The number of hydrogen-bond donors (Lipinski definition) is 1. The lowest BCUT2D eigenvalue weighted by Gasteiger charge is -2.33. The summed E-state index contributed by atoms with van der Waals surface area (Å²) in [6, 6.07) is 13.6. The Kier molecular flexibility index (Phi) is 5.85. The molecule has 2 saturated heterocycles. The fourth-order valence-corrected chi connectivity index (χ4v) is 5.76. The topological polar surface area (TPSA) is 35.6 Å². The second kappa shape index (κ2) is 8.76. The highest BCUT2D eigenvalue weighted by Crippen LogP contribution is 2.34. The molecule has 0 radical (unpaired) electrons. The number of likely N-dealkylation sites (tertiary alicyclic amines) is 1. The second-order valence-electron chi connectivity index (χ2n) is 9.77. The maximum atomic E-state index is 12.9. The maximum Gasteiger partial charge on any atom is 0.254 e. The largest absolute Gasteiger partial charge is 0.330 e. The molecule has 3 aliphatic rings. The van der Waals surface area contributed by atoms with Gasteiger partial charge in [0.05, 0.1) is 0 Å². The lowest BCUT2D eigenvalue weighted by molar-refractivity contribution is 0.0674.